The lowest BCUT2D eigenvalue weighted by Crippen LogP contribution is -2.46. The van der Waals surface area contributed by atoms with E-state index in [0.29, 0.717) is 22.7 Å². The molecule has 0 spiro atoms. The highest BCUT2D eigenvalue weighted by molar-refractivity contribution is 7.99. The summed E-state index contributed by atoms with van der Waals surface area (Å²) in [4.78, 5) is 33.1. The molecule has 0 radical (unpaired) electrons. The van der Waals surface area contributed by atoms with Crippen LogP contribution in [0.25, 0.3) is 11.1 Å². The van der Waals surface area contributed by atoms with Crippen LogP contribution in [0.15, 0.2) is 131 Å². The number of nitro benzene ring substituents is 1. The molecule has 0 atom stereocenters. The topological polar surface area (TPSA) is 94.0 Å². The molecule has 6 rings (SSSR count). The predicted octanol–water partition coefficient (Wildman–Crippen LogP) is 10.9. The summed E-state index contributed by atoms with van der Waals surface area (Å²) in [5.41, 5.74) is 5.71. The molecule has 1 saturated heterocycles. The fourth-order valence-electron chi connectivity index (χ4n) is 5.93. The van der Waals surface area contributed by atoms with Gasteiger partial charge in [-0.15, -0.1) is 11.8 Å². The van der Waals surface area contributed by atoms with Gasteiger partial charge in [0.15, 0.2) is 0 Å². The van der Waals surface area contributed by atoms with E-state index in [9.17, 15) is 14.9 Å². The van der Waals surface area contributed by atoms with E-state index in [-0.39, 0.29) is 11.6 Å². The predicted molar refractivity (Wildman–Crippen MR) is 243 cm³/mol. The average molecular weight is 828 g/mol. The monoisotopic (exact) mass is 826 g/mol. The molecule has 0 saturated carbocycles. The van der Waals surface area contributed by atoms with Gasteiger partial charge in [-0.3, -0.25) is 24.5 Å². The number of halogens is 1. The largest absolute Gasteiger partial charge is 0.379 e. The number of piperazine rings is 1. The first-order valence-corrected chi connectivity index (χ1v) is 21.7. The highest BCUT2D eigenvalue weighted by Crippen LogP contribution is 2.30. The Morgan fingerprint density at radius 2 is 1.47 bits per heavy atom. The van der Waals surface area contributed by atoms with Gasteiger partial charge < -0.3 is 15.1 Å². The van der Waals surface area contributed by atoms with Crippen molar-refractivity contribution in [3.05, 3.63) is 148 Å². The van der Waals surface area contributed by atoms with Crippen molar-refractivity contribution < 1.29 is 9.72 Å². The van der Waals surface area contributed by atoms with Gasteiger partial charge in [-0.25, -0.2) is 0 Å². The molecule has 5 aromatic rings. The first kappa shape index (κ1) is 45.2. The van der Waals surface area contributed by atoms with Crippen LogP contribution < -0.4 is 14.9 Å². The zero-order valence-electron chi connectivity index (χ0n) is 33.6. The first-order chi connectivity index (χ1) is 27.7. The average Bonchev–Trinajstić information content (AvgIpc) is 3.26. The number of thioether (sulfide) groups is 1. The number of hydrogen-bond acceptors (Lipinski definition) is 9. The van der Waals surface area contributed by atoms with Crippen molar-refractivity contribution in [2.75, 3.05) is 68.8 Å². The Hall–Kier alpha value is -4.52. The Morgan fingerprint density at radius 3 is 2.11 bits per heavy atom. The third kappa shape index (κ3) is 14.4. The molecule has 0 aliphatic carbocycles. The molecule has 12 heteroatoms. The van der Waals surface area contributed by atoms with Crippen LogP contribution in [0.4, 0.5) is 17.1 Å². The van der Waals surface area contributed by atoms with Gasteiger partial charge in [0.1, 0.15) is 5.69 Å². The lowest BCUT2D eigenvalue weighted by molar-refractivity contribution is -0.384. The number of nitrogens with zero attached hydrogens (tertiary/aromatic N) is 4. The van der Waals surface area contributed by atoms with Gasteiger partial charge in [0.25, 0.3) is 11.6 Å². The molecule has 0 bridgehead atoms. The highest BCUT2D eigenvalue weighted by Gasteiger charge is 2.20. The van der Waals surface area contributed by atoms with Crippen molar-refractivity contribution >= 4 is 58.3 Å². The Morgan fingerprint density at radius 1 is 0.825 bits per heavy atom. The van der Waals surface area contributed by atoms with E-state index in [1.54, 1.807) is 23.9 Å². The molecule has 57 heavy (non-hydrogen) atoms. The molecule has 302 valence electrons. The van der Waals surface area contributed by atoms with Crippen LogP contribution >= 0.6 is 35.3 Å². The smallest absolute Gasteiger partial charge is 0.293 e. The fourth-order valence-corrected chi connectivity index (χ4v) is 7.48. The lowest BCUT2D eigenvalue weighted by atomic mass is 9.99. The first-order valence-electron chi connectivity index (χ1n) is 19.5. The van der Waals surface area contributed by atoms with E-state index in [0.717, 1.165) is 84.7 Å². The third-order valence-electron chi connectivity index (χ3n) is 9.37. The van der Waals surface area contributed by atoms with Crippen LogP contribution in [-0.4, -0.2) is 79.2 Å². The molecule has 1 fully saturated rings. The van der Waals surface area contributed by atoms with Crippen LogP contribution in [-0.2, 0) is 6.54 Å². The van der Waals surface area contributed by atoms with Crippen LogP contribution in [0.1, 0.15) is 43.6 Å². The van der Waals surface area contributed by atoms with Gasteiger partial charge in [-0.05, 0) is 109 Å². The maximum atomic E-state index is 12.9. The van der Waals surface area contributed by atoms with Gasteiger partial charge in [0, 0.05) is 77.2 Å². The number of rotatable bonds is 15. The number of benzene rings is 5. The molecule has 9 nitrogen and oxygen atoms in total. The maximum absolute atomic E-state index is 12.9. The normalized spacial score (nSPS) is 12.5. The van der Waals surface area contributed by atoms with E-state index in [1.165, 1.54) is 17.2 Å². The Kier molecular flexibility index (Phi) is 19.3. The third-order valence-corrected chi connectivity index (χ3v) is 11.4. The second kappa shape index (κ2) is 24.3. The number of nitro groups is 1. The summed E-state index contributed by atoms with van der Waals surface area (Å²) in [6.45, 7) is 15.7. The van der Waals surface area contributed by atoms with Gasteiger partial charge >= 0.3 is 0 Å². The van der Waals surface area contributed by atoms with E-state index in [1.807, 2.05) is 80.6 Å². The maximum Gasteiger partial charge on any atom is 0.293 e. The van der Waals surface area contributed by atoms with Crippen LogP contribution in [0, 0.1) is 10.1 Å². The van der Waals surface area contributed by atoms with Crippen molar-refractivity contribution in [1.82, 2.24) is 14.5 Å². The van der Waals surface area contributed by atoms with Gasteiger partial charge in [0.2, 0.25) is 0 Å². The molecule has 2 N–H and O–H groups in total. The zero-order chi connectivity index (χ0) is 41.0. The Labute approximate surface area is 352 Å². The van der Waals surface area contributed by atoms with Gasteiger partial charge in [-0.2, -0.15) is 0 Å². The molecule has 0 aromatic heterocycles. The summed E-state index contributed by atoms with van der Waals surface area (Å²) in [5, 5.41) is 15.7. The highest BCUT2D eigenvalue weighted by atomic mass is 35.5. The molecular weight excluding hydrogens is 772 g/mol. The molecule has 1 aliphatic heterocycles. The van der Waals surface area contributed by atoms with E-state index >= 15 is 0 Å². The summed E-state index contributed by atoms with van der Waals surface area (Å²) in [6.07, 6.45) is 0. The summed E-state index contributed by atoms with van der Waals surface area (Å²) in [5.74, 6) is 0.507. The van der Waals surface area contributed by atoms with Crippen LogP contribution in [0.2, 0.25) is 5.02 Å². The van der Waals surface area contributed by atoms with Crippen molar-refractivity contribution in [2.24, 2.45) is 0 Å². The molecule has 1 heterocycles. The minimum absolute atomic E-state index is 0.0285. The van der Waals surface area contributed by atoms with Gasteiger partial charge in [0.05, 0.1) is 4.92 Å². The van der Waals surface area contributed by atoms with Crippen molar-refractivity contribution in [1.29, 1.82) is 0 Å². The Balaban J connectivity index is 0.000000824. The Bertz CT molecular complexity index is 1960. The second-order valence-electron chi connectivity index (χ2n) is 13.0. The van der Waals surface area contributed by atoms with Crippen molar-refractivity contribution in [3.63, 3.8) is 0 Å². The number of carbonyl (C=O) groups is 1. The summed E-state index contributed by atoms with van der Waals surface area (Å²) >= 11 is 8.86. The molecule has 0 unspecified atom stereocenters. The molecule has 5 aromatic carbocycles. The minimum atomic E-state index is -0.405. The summed E-state index contributed by atoms with van der Waals surface area (Å²) < 4.78 is 2.82. The second-order valence-corrected chi connectivity index (χ2v) is 15.5. The van der Waals surface area contributed by atoms with E-state index in [4.69, 9.17) is 11.6 Å². The van der Waals surface area contributed by atoms with Crippen LogP contribution in [0.5, 0.6) is 0 Å². The van der Waals surface area contributed by atoms with Crippen molar-refractivity contribution in [3.8, 4) is 11.1 Å². The standard InChI is InChI=1S/C38H36ClN5O3S2.C5H13N.C2H6/c39-31-14-10-28(11-15-31)35-9-5-4-6-30(35)27-42-21-23-43(24-22-42)32-16-12-29(13-17-32)38(45)41-49-34-18-19-36(37(26-34)44(46)47)40-20-25-48-33-7-2-1-3-8-33;1-4-6(3)5-2;1-2/h1-19,26,40H,20-25,27H2,(H,41,45);4-5H2,1-3H3;1-2H3. The van der Waals surface area contributed by atoms with E-state index in [2.05, 4.69) is 82.0 Å². The molecule has 1 aliphatic rings. The fraction of sp³-hybridized carbons (Fsp3) is 0.311. The number of carbonyl (C=O) groups excluding carboxylic acids is 1. The number of amides is 1. The van der Waals surface area contributed by atoms with Crippen molar-refractivity contribution in [2.45, 2.75) is 44.0 Å². The zero-order valence-corrected chi connectivity index (χ0v) is 36.0. The number of nitrogens with one attached hydrogen (secondary N) is 2. The van der Waals surface area contributed by atoms with Gasteiger partial charge in [-0.1, -0.05) is 93.9 Å². The summed E-state index contributed by atoms with van der Waals surface area (Å²) in [6, 6.07) is 39.1. The number of anilines is 2. The number of hydrogen-bond donors (Lipinski definition) is 2. The lowest BCUT2D eigenvalue weighted by Gasteiger charge is -2.36. The minimum Gasteiger partial charge on any atom is -0.379 e. The molecule has 1 amide bonds. The quantitative estimate of drug-likeness (QED) is 0.0352. The summed E-state index contributed by atoms with van der Waals surface area (Å²) in [7, 11) is 2.11. The van der Waals surface area contributed by atoms with E-state index < -0.39 is 4.92 Å². The SMILES string of the molecule is CC.CCN(C)CC.O=C(NSc1ccc(NCCSc2ccccc2)c([N+](=O)[O-])c1)c1ccc(N2CCN(Cc3ccccc3-c3ccc(Cl)cc3)CC2)cc1. The molecular formula is C45H55ClN6O3S2. The van der Waals surface area contributed by atoms with Crippen LogP contribution in [0.3, 0.4) is 0 Å².